The minimum Gasteiger partial charge on any atom is -0.494 e. The Balaban J connectivity index is 1.74. The van der Waals surface area contributed by atoms with Crippen molar-refractivity contribution in [3.05, 3.63) is 41.6 Å². The molecular weight excluding hydrogens is 280 g/mol. The molecule has 1 heterocycles. The molecule has 114 valence electrons. The zero-order valence-electron chi connectivity index (χ0n) is 12.7. The highest BCUT2D eigenvalue weighted by Crippen LogP contribution is 2.35. The standard InChI is InChI=1S/C17H18N2O3/c1-11-7-14(5-6-15(11)21-13-3-4-13)22-17-10-19-12(9-18)8-16(17)20-2/h5-6,8,10-11,13H,3-4,7H2,1-2H3. The van der Waals surface area contributed by atoms with E-state index in [9.17, 15) is 0 Å². The summed E-state index contributed by atoms with van der Waals surface area (Å²) < 4.78 is 17.0. The Morgan fingerprint density at radius 1 is 1.27 bits per heavy atom. The molecule has 1 saturated carbocycles. The molecule has 3 rings (SSSR count). The van der Waals surface area contributed by atoms with Gasteiger partial charge < -0.3 is 14.2 Å². The van der Waals surface area contributed by atoms with Crippen molar-refractivity contribution in [2.24, 2.45) is 5.92 Å². The van der Waals surface area contributed by atoms with Crippen LogP contribution in [0.15, 0.2) is 35.9 Å². The van der Waals surface area contributed by atoms with Crippen molar-refractivity contribution in [1.29, 1.82) is 5.26 Å². The molecule has 1 unspecified atom stereocenters. The number of nitrogens with zero attached hydrogens (tertiary/aromatic N) is 2. The van der Waals surface area contributed by atoms with Gasteiger partial charge in [-0.2, -0.15) is 5.26 Å². The van der Waals surface area contributed by atoms with Crippen LogP contribution in [0.2, 0.25) is 0 Å². The first-order chi connectivity index (χ1) is 10.7. The summed E-state index contributed by atoms with van der Waals surface area (Å²) in [7, 11) is 1.54. The molecule has 0 spiro atoms. The fourth-order valence-electron chi connectivity index (χ4n) is 2.28. The predicted octanol–water partition coefficient (Wildman–Crippen LogP) is 3.33. The summed E-state index contributed by atoms with van der Waals surface area (Å²) in [5, 5.41) is 8.87. The molecule has 5 heteroatoms. The zero-order chi connectivity index (χ0) is 15.5. The number of hydrogen-bond acceptors (Lipinski definition) is 5. The van der Waals surface area contributed by atoms with Gasteiger partial charge in [0.15, 0.2) is 11.5 Å². The van der Waals surface area contributed by atoms with Gasteiger partial charge in [-0.1, -0.05) is 6.92 Å². The van der Waals surface area contributed by atoms with E-state index in [0.29, 0.717) is 23.3 Å². The molecule has 1 aromatic rings. The van der Waals surface area contributed by atoms with Crippen LogP contribution in [0.3, 0.4) is 0 Å². The SMILES string of the molecule is COc1cc(C#N)ncc1OC1=CC=C(OC2CC2)C(C)C1. The van der Waals surface area contributed by atoms with Gasteiger partial charge in [0.05, 0.1) is 25.2 Å². The van der Waals surface area contributed by atoms with Gasteiger partial charge in [-0.05, 0) is 25.0 Å². The second kappa shape index (κ2) is 6.10. The van der Waals surface area contributed by atoms with Crippen LogP contribution in [0.25, 0.3) is 0 Å². The number of allylic oxidation sites excluding steroid dienone is 4. The van der Waals surface area contributed by atoms with E-state index in [-0.39, 0.29) is 5.92 Å². The molecule has 0 aromatic carbocycles. The molecule has 0 bridgehead atoms. The maximum absolute atomic E-state index is 8.87. The average molecular weight is 298 g/mol. The Morgan fingerprint density at radius 2 is 2.09 bits per heavy atom. The van der Waals surface area contributed by atoms with Crippen LogP contribution < -0.4 is 9.47 Å². The van der Waals surface area contributed by atoms with Crippen LogP contribution in [0.5, 0.6) is 11.5 Å². The van der Waals surface area contributed by atoms with Crippen molar-refractivity contribution >= 4 is 0 Å². The summed E-state index contributed by atoms with van der Waals surface area (Å²) in [6, 6.07) is 3.55. The molecule has 0 N–H and O–H groups in total. The lowest BCUT2D eigenvalue weighted by Gasteiger charge is -2.22. The first-order valence-corrected chi connectivity index (χ1v) is 7.39. The van der Waals surface area contributed by atoms with Gasteiger partial charge in [0, 0.05) is 18.4 Å². The smallest absolute Gasteiger partial charge is 0.187 e. The Labute approximate surface area is 129 Å². The number of rotatable bonds is 5. The molecule has 22 heavy (non-hydrogen) atoms. The topological polar surface area (TPSA) is 64.4 Å². The lowest BCUT2D eigenvalue weighted by Crippen LogP contribution is -2.12. The van der Waals surface area contributed by atoms with Gasteiger partial charge >= 0.3 is 0 Å². The van der Waals surface area contributed by atoms with Crippen molar-refractivity contribution in [2.45, 2.75) is 32.3 Å². The first-order valence-electron chi connectivity index (χ1n) is 7.39. The molecule has 5 nitrogen and oxygen atoms in total. The second-order valence-corrected chi connectivity index (χ2v) is 5.56. The molecular formula is C17H18N2O3. The van der Waals surface area contributed by atoms with Crippen LogP contribution in [0.1, 0.15) is 31.9 Å². The molecule has 1 aromatic heterocycles. The minimum atomic E-state index is 0.290. The fraction of sp³-hybridized carbons (Fsp3) is 0.412. The van der Waals surface area contributed by atoms with Gasteiger partial charge in [0.1, 0.15) is 17.5 Å². The number of pyridine rings is 1. The Morgan fingerprint density at radius 3 is 2.73 bits per heavy atom. The highest BCUT2D eigenvalue weighted by atomic mass is 16.5. The van der Waals surface area contributed by atoms with Crippen LogP contribution in [0, 0.1) is 17.2 Å². The minimum absolute atomic E-state index is 0.290. The number of nitriles is 1. The summed E-state index contributed by atoms with van der Waals surface area (Å²) >= 11 is 0. The number of ether oxygens (including phenoxy) is 3. The maximum Gasteiger partial charge on any atom is 0.187 e. The van der Waals surface area contributed by atoms with Gasteiger partial charge in [-0.25, -0.2) is 4.98 Å². The summed E-state index contributed by atoms with van der Waals surface area (Å²) in [5.41, 5.74) is 0.301. The van der Waals surface area contributed by atoms with Crippen molar-refractivity contribution < 1.29 is 14.2 Å². The molecule has 0 aliphatic heterocycles. The number of methoxy groups -OCH3 is 1. The lowest BCUT2D eigenvalue weighted by molar-refractivity contribution is 0.160. The Hall–Kier alpha value is -2.48. The van der Waals surface area contributed by atoms with Gasteiger partial charge in [0.25, 0.3) is 0 Å². The van der Waals surface area contributed by atoms with Crippen molar-refractivity contribution in [3.63, 3.8) is 0 Å². The third kappa shape index (κ3) is 3.22. The van der Waals surface area contributed by atoms with E-state index in [2.05, 4.69) is 11.9 Å². The quantitative estimate of drug-likeness (QED) is 0.834. The predicted molar refractivity (Wildman–Crippen MR) is 80.2 cm³/mol. The van der Waals surface area contributed by atoms with Gasteiger partial charge in [0.2, 0.25) is 0 Å². The van der Waals surface area contributed by atoms with Gasteiger partial charge in [-0.3, -0.25) is 0 Å². The summed E-state index contributed by atoms with van der Waals surface area (Å²) in [4.78, 5) is 4.02. The number of aromatic nitrogens is 1. The molecule has 1 fully saturated rings. The highest BCUT2D eigenvalue weighted by Gasteiger charge is 2.27. The van der Waals surface area contributed by atoms with E-state index in [0.717, 1.165) is 30.8 Å². The van der Waals surface area contributed by atoms with E-state index < -0.39 is 0 Å². The third-order valence-electron chi connectivity index (χ3n) is 3.66. The summed E-state index contributed by atoms with van der Waals surface area (Å²) in [6.07, 6.45) is 8.91. The number of hydrogen-bond donors (Lipinski definition) is 0. The van der Waals surface area contributed by atoms with Crippen LogP contribution >= 0.6 is 0 Å². The van der Waals surface area contributed by atoms with Crippen molar-refractivity contribution in [2.75, 3.05) is 7.11 Å². The van der Waals surface area contributed by atoms with Crippen LogP contribution in [-0.4, -0.2) is 18.2 Å². The van der Waals surface area contributed by atoms with Gasteiger partial charge in [-0.15, -0.1) is 0 Å². The first kappa shape index (κ1) is 14.5. The van der Waals surface area contributed by atoms with E-state index in [1.54, 1.807) is 13.2 Å². The largest absolute Gasteiger partial charge is 0.494 e. The van der Waals surface area contributed by atoms with Crippen molar-refractivity contribution in [1.82, 2.24) is 4.98 Å². The molecule has 2 aliphatic carbocycles. The molecule has 1 atom stereocenters. The maximum atomic E-state index is 8.87. The normalized spacial score (nSPS) is 20.5. The van der Waals surface area contributed by atoms with Crippen LogP contribution in [0.4, 0.5) is 0 Å². The highest BCUT2D eigenvalue weighted by molar-refractivity contribution is 5.43. The molecule has 0 radical (unpaired) electrons. The average Bonchev–Trinajstić information content (AvgIpc) is 3.34. The monoisotopic (exact) mass is 298 g/mol. The second-order valence-electron chi connectivity index (χ2n) is 5.56. The van der Waals surface area contributed by atoms with Crippen molar-refractivity contribution in [3.8, 4) is 17.6 Å². The van der Waals surface area contributed by atoms with E-state index in [4.69, 9.17) is 19.5 Å². The summed E-state index contributed by atoms with van der Waals surface area (Å²) in [6.45, 7) is 2.12. The molecule has 0 amide bonds. The Bertz CT molecular complexity index is 669. The zero-order valence-corrected chi connectivity index (χ0v) is 12.7. The fourth-order valence-corrected chi connectivity index (χ4v) is 2.28. The van der Waals surface area contributed by atoms with Crippen LogP contribution in [-0.2, 0) is 4.74 Å². The lowest BCUT2D eigenvalue weighted by atomic mass is 9.99. The molecule has 2 aliphatic rings. The molecule has 0 saturated heterocycles. The van der Waals surface area contributed by atoms with E-state index in [1.807, 2.05) is 18.2 Å². The Kier molecular flexibility index (Phi) is 4.01. The van der Waals surface area contributed by atoms with E-state index in [1.165, 1.54) is 6.20 Å². The summed E-state index contributed by atoms with van der Waals surface area (Å²) in [5.74, 6) is 3.17. The van der Waals surface area contributed by atoms with E-state index >= 15 is 0 Å². The third-order valence-corrected chi connectivity index (χ3v) is 3.66.